The van der Waals surface area contributed by atoms with E-state index in [1.54, 1.807) is 21.3 Å². The second-order valence-electron chi connectivity index (χ2n) is 6.54. The largest absolute Gasteiger partial charge is 0.497 e. The number of rotatable bonds is 6. The van der Waals surface area contributed by atoms with E-state index < -0.39 is 0 Å². The Labute approximate surface area is 183 Å². The van der Waals surface area contributed by atoms with Crippen molar-refractivity contribution < 1.29 is 23.2 Å². The molecule has 0 aliphatic carbocycles. The van der Waals surface area contributed by atoms with Crippen molar-refractivity contribution in [3.63, 3.8) is 0 Å². The van der Waals surface area contributed by atoms with E-state index in [1.807, 2.05) is 42.5 Å². The van der Waals surface area contributed by atoms with E-state index in [0.717, 1.165) is 32.2 Å². The van der Waals surface area contributed by atoms with E-state index >= 15 is 0 Å². The summed E-state index contributed by atoms with van der Waals surface area (Å²) >= 11 is 2.81. The summed E-state index contributed by atoms with van der Waals surface area (Å²) in [4.78, 5) is 15.5. The first-order valence-corrected chi connectivity index (χ1v) is 10.8. The lowest BCUT2D eigenvalue weighted by molar-refractivity contribution is 0.0955. The first-order valence-electron chi connectivity index (χ1n) is 9.22. The zero-order chi connectivity index (χ0) is 21.1. The van der Waals surface area contributed by atoms with Crippen LogP contribution in [0.3, 0.4) is 0 Å². The lowest BCUT2D eigenvalue weighted by atomic mass is 10.1. The number of amides is 1. The first kappa shape index (κ1) is 20.6. The van der Waals surface area contributed by atoms with Crippen LogP contribution in [-0.4, -0.2) is 27.2 Å². The summed E-state index contributed by atoms with van der Waals surface area (Å²) in [6.07, 6.45) is 0. The summed E-state index contributed by atoms with van der Waals surface area (Å²) in [6, 6.07) is 13.4. The number of hydrogen-bond donors (Lipinski definition) is 1. The van der Waals surface area contributed by atoms with Gasteiger partial charge in [-0.2, -0.15) is 0 Å². The Morgan fingerprint density at radius 3 is 2.63 bits per heavy atom. The van der Waals surface area contributed by atoms with Gasteiger partial charge in [0.1, 0.15) is 5.75 Å². The van der Waals surface area contributed by atoms with Gasteiger partial charge in [-0.15, -0.1) is 11.3 Å². The molecule has 156 valence electrons. The highest BCUT2D eigenvalue weighted by Crippen LogP contribution is 2.44. The Morgan fingerprint density at radius 1 is 1.03 bits per heavy atom. The molecular weight excluding hydrogens is 422 g/mol. The number of thiophene rings is 1. The predicted octanol–water partition coefficient (Wildman–Crippen LogP) is 4.91. The van der Waals surface area contributed by atoms with Crippen molar-refractivity contribution in [2.75, 3.05) is 21.3 Å². The molecule has 4 rings (SSSR count). The predicted molar refractivity (Wildman–Crippen MR) is 118 cm³/mol. The maximum Gasteiger partial charge on any atom is 0.261 e. The Bertz CT molecular complexity index is 1080. The third-order valence-electron chi connectivity index (χ3n) is 4.73. The first-order chi connectivity index (χ1) is 14.6. The summed E-state index contributed by atoms with van der Waals surface area (Å²) < 4.78 is 21.7. The molecule has 0 saturated heterocycles. The zero-order valence-corrected chi connectivity index (χ0v) is 18.4. The van der Waals surface area contributed by atoms with Gasteiger partial charge in [-0.05, 0) is 47.5 Å². The number of nitrogens with one attached hydrogen (secondary N) is 1. The number of methoxy groups -OCH3 is 3. The van der Waals surface area contributed by atoms with Crippen LogP contribution >= 0.6 is 23.4 Å². The molecule has 3 aromatic rings. The number of carbonyl (C=O) groups is 1. The van der Waals surface area contributed by atoms with Crippen molar-refractivity contribution in [1.82, 2.24) is 5.32 Å². The fourth-order valence-electron chi connectivity index (χ4n) is 3.18. The topological polar surface area (TPSA) is 66.0 Å². The molecule has 2 aromatic carbocycles. The summed E-state index contributed by atoms with van der Waals surface area (Å²) in [7, 11) is 4.83. The normalized spacial score (nSPS) is 12.4. The van der Waals surface area contributed by atoms with Crippen molar-refractivity contribution in [1.29, 1.82) is 0 Å². The Hall–Kier alpha value is -2.68. The van der Waals surface area contributed by atoms with Crippen molar-refractivity contribution in [2.45, 2.75) is 18.0 Å². The molecule has 6 nitrogen and oxygen atoms in total. The van der Waals surface area contributed by atoms with Gasteiger partial charge in [0.15, 0.2) is 11.5 Å². The van der Waals surface area contributed by atoms with E-state index in [0.29, 0.717) is 29.5 Å². The molecule has 2 heterocycles. The van der Waals surface area contributed by atoms with Gasteiger partial charge in [-0.3, -0.25) is 4.79 Å². The van der Waals surface area contributed by atoms with Crippen LogP contribution < -0.4 is 19.5 Å². The number of benzene rings is 2. The molecule has 1 aliphatic heterocycles. The van der Waals surface area contributed by atoms with Gasteiger partial charge in [-0.25, -0.2) is 0 Å². The van der Waals surface area contributed by atoms with Gasteiger partial charge in [0.05, 0.1) is 32.8 Å². The lowest BCUT2D eigenvalue weighted by Gasteiger charge is -2.10. The summed E-state index contributed by atoms with van der Waals surface area (Å²) in [6.45, 7) is 0.828. The third kappa shape index (κ3) is 4.12. The van der Waals surface area contributed by atoms with Gasteiger partial charge in [0, 0.05) is 33.9 Å². The van der Waals surface area contributed by atoms with Gasteiger partial charge in [0.2, 0.25) is 0 Å². The standard InChI is InChI=1S/C22H21NO5S2/c1-25-15-5-7-19-16(10-15)21-14(12-28-30-19)9-20(29-21)22(24)23-11-13-4-6-17(26-2)18(8-13)27-3/h4-10H,11-12H2,1-3H3,(H,23,24). The highest BCUT2D eigenvalue weighted by Gasteiger charge is 2.22. The second kappa shape index (κ2) is 8.99. The van der Waals surface area contributed by atoms with Crippen LogP contribution in [0.5, 0.6) is 17.2 Å². The molecule has 0 atom stereocenters. The number of carbonyl (C=O) groups excluding carboxylic acids is 1. The van der Waals surface area contributed by atoms with E-state index in [-0.39, 0.29) is 5.91 Å². The lowest BCUT2D eigenvalue weighted by Crippen LogP contribution is -2.21. The van der Waals surface area contributed by atoms with Crippen molar-refractivity contribution >= 4 is 29.3 Å². The highest BCUT2D eigenvalue weighted by atomic mass is 32.2. The van der Waals surface area contributed by atoms with Crippen molar-refractivity contribution in [2.24, 2.45) is 0 Å². The average molecular weight is 444 g/mol. The number of ether oxygens (including phenoxy) is 3. The molecule has 0 bridgehead atoms. The average Bonchev–Trinajstić information content (AvgIpc) is 3.14. The zero-order valence-electron chi connectivity index (χ0n) is 16.8. The Morgan fingerprint density at radius 2 is 1.87 bits per heavy atom. The SMILES string of the molecule is COc1ccc2c(c1)-c1sc(C(=O)NCc3ccc(OC)c(OC)c3)cc1COS2. The van der Waals surface area contributed by atoms with E-state index in [2.05, 4.69) is 5.32 Å². The maximum atomic E-state index is 12.8. The van der Waals surface area contributed by atoms with Crippen LogP contribution in [-0.2, 0) is 17.3 Å². The molecular formula is C22H21NO5S2. The van der Waals surface area contributed by atoms with Gasteiger partial charge >= 0.3 is 0 Å². The molecule has 8 heteroatoms. The molecule has 0 saturated carbocycles. The minimum Gasteiger partial charge on any atom is -0.497 e. The van der Waals surface area contributed by atoms with Crippen LogP contribution in [0, 0.1) is 0 Å². The van der Waals surface area contributed by atoms with Gasteiger partial charge < -0.3 is 23.7 Å². The highest BCUT2D eigenvalue weighted by molar-refractivity contribution is 7.94. The molecule has 0 radical (unpaired) electrons. The van der Waals surface area contributed by atoms with E-state index in [4.69, 9.17) is 18.4 Å². The maximum absolute atomic E-state index is 12.8. The molecule has 30 heavy (non-hydrogen) atoms. The summed E-state index contributed by atoms with van der Waals surface area (Å²) in [5.41, 5.74) is 2.94. The monoisotopic (exact) mass is 443 g/mol. The third-order valence-corrected chi connectivity index (χ3v) is 6.71. The fourth-order valence-corrected chi connectivity index (χ4v) is 5.04. The summed E-state index contributed by atoms with van der Waals surface area (Å²) in [5.74, 6) is 1.93. The molecule has 1 aromatic heterocycles. The van der Waals surface area contributed by atoms with Crippen LogP contribution in [0.1, 0.15) is 20.8 Å². The van der Waals surface area contributed by atoms with Crippen LogP contribution in [0.2, 0.25) is 0 Å². The molecule has 1 N–H and O–H groups in total. The van der Waals surface area contributed by atoms with E-state index in [1.165, 1.54) is 23.4 Å². The minimum absolute atomic E-state index is 0.125. The smallest absolute Gasteiger partial charge is 0.261 e. The Kier molecular flexibility index (Phi) is 6.17. The molecule has 0 spiro atoms. The Balaban J connectivity index is 1.54. The molecule has 0 fully saturated rings. The number of hydrogen-bond acceptors (Lipinski definition) is 7. The second-order valence-corrected chi connectivity index (χ2v) is 8.44. The van der Waals surface area contributed by atoms with Crippen molar-refractivity contribution in [3.8, 4) is 27.7 Å². The van der Waals surface area contributed by atoms with Crippen LogP contribution in [0.25, 0.3) is 10.4 Å². The quantitative estimate of drug-likeness (QED) is 0.546. The van der Waals surface area contributed by atoms with Gasteiger partial charge in [0.25, 0.3) is 5.91 Å². The fraction of sp³-hybridized carbons (Fsp3) is 0.227. The van der Waals surface area contributed by atoms with Crippen molar-refractivity contribution in [3.05, 3.63) is 58.5 Å². The molecule has 1 amide bonds. The van der Waals surface area contributed by atoms with Crippen LogP contribution in [0.15, 0.2) is 47.4 Å². The minimum atomic E-state index is -0.125. The number of fused-ring (bicyclic) bond motifs is 3. The summed E-state index contributed by atoms with van der Waals surface area (Å²) in [5, 5.41) is 2.98. The van der Waals surface area contributed by atoms with Gasteiger partial charge in [-0.1, -0.05) is 6.07 Å². The van der Waals surface area contributed by atoms with Crippen LogP contribution in [0.4, 0.5) is 0 Å². The molecule has 1 aliphatic rings. The molecule has 0 unspecified atom stereocenters. The van der Waals surface area contributed by atoms with E-state index in [9.17, 15) is 4.79 Å².